The van der Waals surface area contributed by atoms with Crippen LogP contribution in [-0.4, -0.2) is 49.9 Å². The monoisotopic (exact) mass is 456 g/mol. The Hall–Kier alpha value is -2.79. The van der Waals surface area contributed by atoms with Gasteiger partial charge in [0.25, 0.3) is 15.9 Å². The third-order valence-electron chi connectivity index (χ3n) is 4.30. The van der Waals surface area contributed by atoms with E-state index in [9.17, 15) is 12.8 Å². The van der Waals surface area contributed by atoms with Gasteiger partial charge in [0.1, 0.15) is 18.2 Å². The average molecular weight is 457 g/mol. The second-order valence-corrected chi connectivity index (χ2v) is 8.54. The molecule has 9 nitrogen and oxygen atoms in total. The molecule has 1 saturated carbocycles. The van der Waals surface area contributed by atoms with Crippen molar-refractivity contribution in [2.45, 2.75) is 23.8 Å². The molecular formula is C18H18ClFN4O5S. The van der Waals surface area contributed by atoms with Crippen molar-refractivity contribution in [1.82, 2.24) is 15.0 Å². The summed E-state index contributed by atoms with van der Waals surface area (Å²) in [6.07, 6.45) is 4.51. The highest BCUT2D eigenvalue weighted by Crippen LogP contribution is 2.39. The summed E-state index contributed by atoms with van der Waals surface area (Å²) in [5.41, 5.74) is 0.489. The second-order valence-electron chi connectivity index (χ2n) is 6.48. The number of sulfonamides is 1. The third kappa shape index (κ3) is 4.08. The van der Waals surface area contributed by atoms with Gasteiger partial charge in [-0.1, -0.05) is 11.6 Å². The molecule has 0 spiro atoms. The van der Waals surface area contributed by atoms with Crippen molar-refractivity contribution in [2.24, 2.45) is 0 Å². The molecule has 0 unspecified atom stereocenters. The van der Waals surface area contributed by atoms with Gasteiger partial charge >= 0.3 is 0 Å². The number of halogens is 2. The Kier molecular flexibility index (Phi) is 5.56. The number of hydrogen-bond acceptors (Lipinski definition) is 7. The Bertz CT molecular complexity index is 1180. The Balaban J connectivity index is 1.65. The van der Waals surface area contributed by atoms with Gasteiger partial charge in [0, 0.05) is 11.6 Å². The van der Waals surface area contributed by atoms with E-state index in [-0.39, 0.29) is 35.2 Å². The van der Waals surface area contributed by atoms with E-state index >= 15 is 0 Å². The van der Waals surface area contributed by atoms with E-state index in [1.807, 2.05) is 0 Å². The zero-order chi connectivity index (χ0) is 21.3. The molecule has 2 N–H and O–H groups in total. The number of aromatic amines is 1. The first-order valence-electron chi connectivity index (χ1n) is 9.02. The highest BCUT2D eigenvalue weighted by atomic mass is 35.5. The molecule has 0 radical (unpaired) electrons. The quantitative estimate of drug-likeness (QED) is 0.507. The van der Waals surface area contributed by atoms with E-state index in [4.69, 9.17) is 25.8 Å². The maximum absolute atomic E-state index is 13.0. The van der Waals surface area contributed by atoms with Gasteiger partial charge in [0.05, 0.1) is 29.9 Å². The molecule has 3 aromatic rings. The van der Waals surface area contributed by atoms with Crippen LogP contribution in [0.2, 0.25) is 5.02 Å². The zero-order valence-corrected chi connectivity index (χ0v) is 17.4. The molecule has 2 heterocycles. The summed E-state index contributed by atoms with van der Waals surface area (Å²) < 4.78 is 56.5. The number of anilines is 1. The first kappa shape index (κ1) is 20.5. The number of nitrogens with zero attached hydrogens (tertiary/aromatic N) is 2. The standard InChI is InChI=1S/C18H18ClFN4O5S/c1-27-17-13(28-7-6-20)8-22-18(23-17)24-30(25,26)14-9-21-15-11(14)4-5-12(19)16(15)29-10-2-3-10/h4-5,8-10,21H,2-3,6-7H2,1H3,(H,22,23,24). The van der Waals surface area contributed by atoms with E-state index in [0.717, 1.165) is 12.8 Å². The highest BCUT2D eigenvalue weighted by Gasteiger charge is 2.28. The van der Waals surface area contributed by atoms with Crippen LogP contribution in [0.3, 0.4) is 0 Å². The van der Waals surface area contributed by atoms with E-state index in [1.165, 1.54) is 19.5 Å². The summed E-state index contributed by atoms with van der Waals surface area (Å²) in [4.78, 5) is 10.8. The minimum atomic E-state index is -4.06. The second kappa shape index (κ2) is 8.15. The molecule has 2 aromatic heterocycles. The van der Waals surface area contributed by atoms with E-state index in [1.54, 1.807) is 12.1 Å². The van der Waals surface area contributed by atoms with Crippen LogP contribution in [0.15, 0.2) is 29.4 Å². The van der Waals surface area contributed by atoms with Crippen molar-refractivity contribution in [2.75, 3.05) is 25.1 Å². The fraction of sp³-hybridized carbons (Fsp3) is 0.333. The van der Waals surface area contributed by atoms with Crippen LogP contribution in [0, 0.1) is 0 Å². The van der Waals surface area contributed by atoms with Gasteiger partial charge in [-0.05, 0) is 25.0 Å². The lowest BCUT2D eigenvalue weighted by atomic mass is 10.2. The Morgan fingerprint density at radius 3 is 2.87 bits per heavy atom. The number of H-pyrrole nitrogens is 1. The summed E-state index contributed by atoms with van der Waals surface area (Å²) in [6.45, 7) is -0.900. The SMILES string of the molecule is COc1nc(NS(=O)(=O)c2c[nH]c3c(OC4CC4)c(Cl)ccc23)ncc1OCCF. The van der Waals surface area contributed by atoms with Crippen molar-refractivity contribution in [3.63, 3.8) is 0 Å². The molecule has 0 aliphatic heterocycles. The maximum atomic E-state index is 13.0. The van der Waals surface area contributed by atoms with Crippen LogP contribution in [-0.2, 0) is 10.0 Å². The number of aromatic nitrogens is 3. The molecular weight excluding hydrogens is 439 g/mol. The lowest BCUT2D eigenvalue weighted by Gasteiger charge is -2.11. The summed E-state index contributed by atoms with van der Waals surface area (Å²) in [7, 11) is -2.73. The molecule has 0 bridgehead atoms. The molecule has 1 aliphatic carbocycles. The average Bonchev–Trinajstić information content (AvgIpc) is 3.43. The van der Waals surface area contributed by atoms with Crippen LogP contribution in [0.1, 0.15) is 12.8 Å². The van der Waals surface area contributed by atoms with Gasteiger partial charge in [0.15, 0.2) is 11.5 Å². The van der Waals surface area contributed by atoms with Crippen LogP contribution in [0.4, 0.5) is 10.3 Å². The predicted octanol–water partition coefficient (Wildman–Crippen LogP) is 3.31. The summed E-state index contributed by atoms with van der Waals surface area (Å²) >= 11 is 6.23. The fourth-order valence-electron chi connectivity index (χ4n) is 2.78. The van der Waals surface area contributed by atoms with E-state index in [0.29, 0.717) is 21.7 Å². The first-order chi connectivity index (χ1) is 14.4. The summed E-state index contributed by atoms with van der Waals surface area (Å²) in [6, 6.07) is 3.18. The number of rotatable bonds is 9. The molecule has 0 amide bonds. The van der Waals surface area contributed by atoms with Crippen molar-refractivity contribution in [3.8, 4) is 17.4 Å². The predicted molar refractivity (Wildman–Crippen MR) is 108 cm³/mol. The summed E-state index contributed by atoms with van der Waals surface area (Å²) in [5.74, 6) is 0.270. The van der Waals surface area contributed by atoms with Gasteiger partial charge in [-0.2, -0.15) is 4.98 Å². The lowest BCUT2D eigenvalue weighted by Crippen LogP contribution is -2.15. The van der Waals surface area contributed by atoms with Crippen molar-refractivity contribution in [1.29, 1.82) is 0 Å². The Labute approximate surface area is 176 Å². The number of benzene rings is 1. The van der Waals surface area contributed by atoms with Crippen molar-refractivity contribution < 1.29 is 27.0 Å². The molecule has 12 heteroatoms. The molecule has 1 aromatic carbocycles. The number of methoxy groups -OCH3 is 1. The minimum Gasteiger partial charge on any atom is -0.487 e. The van der Waals surface area contributed by atoms with Crippen molar-refractivity contribution >= 4 is 38.5 Å². The molecule has 30 heavy (non-hydrogen) atoms. The largest absolute Gasteiger partial charge is 0.487 e. The highest BCUT2D eigenvalue weighted by molar-refractivity contribution is 7.93. The van der Waals surface area contributed by atoms with Crippen LogP contribution in [0.25, 0.3) is 10.9 Å². The maximum Gasteiger partial charge on any atom is 0.266 e. The number of alkyl halides is 1. The van der Waals surface area contributed by atoms with Gasteiger partial charge in [-0.25, -0.2) is 22.5 Å². The topological polar surface area (TPSA) is 115 Å². The number of hydrogen-bond donors (Lipinski definition) is 2. The van der Waals surface area contributed by atoms with Crippen LogP contribution >= 0.6 is 11.6 Å². The lowest BCUT2D eigenvalue weighted by molar-refractivity contribution is 0.256. The third-order valence-corrected chi connectivity index (χ3v) is 5.96. The molecule has 1 fully saturated rings. The Morgan fingerprint density at radius 1 is 1.37 bits per heavy atom. The smallest absolute Gasteiger partial charge is 0.266 e. The number of ether oxygens (including phenoxy) is 3. The molecule has 4 rings (SSSR count). The summed E-state index contributed by atoms with van der Waals surface area (Å²) in [5, 5.41) is 0.808. The van der Waals surface area contributed by atoms with Gasteiger partial charge in [-0.15, -0.1) is 0 Å². The molecule has 160 valence electrons. The normalized spacial score (nSPS) is 14.0. The van der Waals surface area contributed by atoms with Gasteiger partial charge in [0.2, 0.25) is 5.95 Å². The number of nitrogens with one attached hydrogen (secondary N) is 2. The van der Waals surface area contributed by atoms with Gasteiger partial charge < -0.3 is 19.2 Å². The van der Waals surface area contributed by atoms with Gasteiger partial charge in [-0.3, -0.25) is 0 Å². The van der Waals surface area contributed by atoms with Crippen LogP contribution in [0.5, 0.6) is 17.4 Å². The minimum absolute atomic E-state index is 0.0184. The van der Waals surface area contributed by atoms with E-state index < -0.39 is 16.7 Å². The van der Waals surface area contributed by atoms with E-state index in [2.05, 4.69) is 19.7 Å². The molecule has 0 saturated heterocycles. The fourth-order valence-corrected chi connectivity index (χ4v) is 4.11. The first-order valence-corrected chi connectivity index (χ1v) is 10.9. The Morgan fingerprint density at radius 2 is 2.17 bits per heavy atom. The zero-order valence-electron chi connectivity index (χ0n) is 15.8. The van der Waals surface area contributed by atoms with Crippen molar-refractivity contribution in [3.05, 3.63) is 29.5 Å². The van der Waals surface area contributed by atoms with Crippen LogP contribution < -0.4 is 18.9 Å². The molecule has 0 atom stereocenters. The molecule has 1 aliphatic rings. The number of fused-ring (bicyclic) bond motifs is 1.